The molecule has 1 unspecified atom stereocenters. The highest BCUT2D eigenvalue weighted by atomic mass is 16.5. The second-order valence-electron chi connectivity index (χ2n) is 9.69. The Labute approximate surface area is 212 Å². The third-order valence-electron chi connectivity index (χ3n) is 7.15. The number of ether oxygens (including phenoxy) is 1. The number of aliphatic carboxylic acids is 1. The van der Waals surface area contributed by atoms with Crippen molar-refractivity contribution in [2.45, 2.75) is 38.7 Å². The van der Waals surface area contributed by atoms with Crippen molar-refractivity contribution in [1.29, 1.82) is 0 Å². The molecule has 0 amide bonds. The molecule has 6 nitrogen and oxygen atoms in total. The van der Waals surface area contributed by atoms with Crippen LogP contribution in [0.4, 0.5) is 0 Å². The topological polar surface area (TPSA) is 82.9 Å². The first kappa shape index (κ1) is 25.7. The molecule has 1 aliphatic rings. The van der Waals surface area contributed by atoms with Crippen LogP contribution in [0.5, 0.6) is 5.75 Å². The molecule has 188 valence electrons. The predicted molar refractivity (Wildman–Crippen MR) is 141 cm³/mol. The Hall–Kier alpha value is -3.40. The number of benzene rings is 2. The summed E-state index contributed by atoms with van der Waals surface area (Å²) in [6.45, 7) is 4.28. The number of rotatable bonds is 8. The molecule has 3 aromatic rings. The van der Waals surface area contributed by atoms with Crippen molar-refractivity contribution in [1.82, 2.24) is 9.88 Å². The van der Waals surface area contributed by atoms with Crippen molar-refractivity contribution in [2.24, 2.45) is 11.8 Å². The van der Waals surface area contributed by atoms with Crippen LogP contribution in [-0.2, 0) is 4.79 Å². The molecule has 1 saturated heterocycles. The van der Waals surface area contributed by atoms with E-state index in [1.54, 1.807) is 13.3 Å². The minimum Gasteiger partial charge on any atom is -0.497 e. The molecule has 0 saturated carbocycles. The molecule has 1 aliphatic heterocycles. The highest BCUT2D eigenvalue weighted by Crippen LogP contribution is 2.34. The zero-order chi connectivity index (χ0) is 25.5. The lowest BCUT2D eigenvalue weighted by Crippen LogP contribution is -2.41. The normalized spacial score (nSPS) is 18.9. The number of aliphatic hydroxyl groups is 1. The molecule has 0 bridgehead atoms. The summed E-state index contributed by atoms with van der Waals surface area (Å²) in [5, 5.41) is 21.5. The summed E-state index contributed by atoms with van der Waals surface area (Å²) in [4.78, 5) is 18.3. The summed E-state index contributed by atoms with van der Waals surface area (Å²) in [7, 11) is 1.62. The van der Waals surface area contributed by atoms with E-state index in [-0.39, 0.29) is 18.3 Å². The van der Waals surface area contributed by atoms with Gasteiger partial charge in [-0.1, -0.05) is 29.5 Å². The SMILES string of the molecule is COc1ccc2nccc(C(O)CC[C@@H]3CCN(CC#Cc4ccc(C)cc4)C[C@@H]3CC(=O)O)c2c1. The standard InChI is InChI=1S/C30H34N2O4/c1-21-5-7-22(8-6-21)4-3-16-32-17-14-23(24(20-32)18-30(34)35)9-12-29(33)26-13-15-31-28-11-10-25(36-2)19-27(26)28/h5-8,10-11,13,15,19,23-24,29,33H,9,12,14,16-18,20H2,1-2H3,(H,34,35)/t23-,24+,29?/m1/s1. The van der Waals surface area contributed by atoms with Gasteiger partial charge in [0.05, 0.1) is 25.3 Å². The maximum absolute atomic E-state index is 11.6. The molecule has 2 aromatic carbocycles. The first-order chi connectivity index (χ1) is 17.4. The lowest BCUT2D eigenvalue weighted by atomic mass is 9.79. The Kier molecular flexibility index (Phi) is 8.58. The van der Waals surface area contributed by atoms with Crippen molar-refractivity contribution in [3.05, 3.63) is 71.4 Å². The van der Waals surface area contributed by atoms with Crippen LogP contribution < -0.4 is 4.74 Å². The van der Waals surface area contributed by atoms with Crippen molar-refractivity contribution >= 4 is 16.9 Å². The fourth-order valence-corrected chi connectivity index (χ4v) is 5.12. The number of pyridine rings is 1. The van der Waals surface area contributed by atoms with Crippen LogP contribution in [0.15, 0.2) is 54.7 Å². The molecule has 1 aromatic heterocycles. The molecule has 3 atom stereocenters. The lowest BCUT2D eigenvalue weighted by molar-refractivity contribution is -0.139. The number of hydrogen-bond acceptors (Lipinski definition) is 5. The number of likely N-dealkylation sites (tertiary alicyclic amines) is 1. The summed E-state index contributed by atoms with van der Waals surface area (Å²) in [6.07, 6.45) is 3.46. The zero-order valence-corrected chi connectivity index (χ0v) is 21.0. The fraction of sp³-hybridized carbons (Fsp3) is 0.400. The minimum atomic E-state index is -0.773. The second kappa shape index (κ2) is 12.0. The van der Waals surface area contributed by atoms with Crippen LogP contribution in [0, 0.1) is 30.6 Å². The zero-order valence-electron chi connectivity index (χ0n) is 21.0. The maximum Gasteiger partial charge on any atom is 0.303 e. The molecular formula is C30H34N2O4. The molecule has 0 spiro atoms. The number of carboxylic acids is 1. The Morgan fingerprint density at radius 1 is 1.19 bits per heavy atom. The van der Waals surface area contributed by atoms with Gasteiger partial charge < -0.3 is 14.9 Å². The van der Waals surface area contributed by atoms with E-state index in [9.17, 15) is 15.0 Å². The molecule has 0 radical (unpaired) electrons. The summed E-state index contributed by atoms with van der Waals surface area (Å²) < 4.78 is 5.35. The summed E-state index contributed by atoms with van der Waals surface area (Å²) in [5.41, 5.74) is 3.85. The maximum atomic E-state index is 11.6. The number of hydrogen-bond donors (Lipinski definition) is 2. The molecule has 36 heavy (non-hydrogen) atoms. The largest absolute Gasteiger partial charge is 0.497 e. The molecule has 6 heteroatoms. The number of piperidine rings is 1. The third kappa shape index (κ3) is 6.63. The van der Waals surface area contributed by atoms with Gasteiger partial charge in [-0.2, -0.15) is 0 Å². The highest BCUT2D eigenvalue weighted by molar-refractivity contribution is 5.83. The van der Waals surface area contributed by atoms with Gasteiger partial charge in [-0.05, 0) is 86.5 Å². The molecule has 4 rings (SSSR count). The van der Waals surface area contributed by atoms with Gasteiger partial charge in [0, 0.05) is 30.1 Å². The number of aliphatic hydroxyl groups excluding tert-OH is 1. The van der Waals surface area contributed by atoms with Crippen LogP contribution in [0.3, 0.4) is 0 Å². The van der Waals surface area contributed by atoms with E-state index in [1.807, 2.05) is 36.4 Å². The second-order valence-corrected chi connectivity index (χ2v) is 9.69. The number of aryl methyl sites for hydroxylation is 1. The van der Waals surface area contributed by atoms with E-state index in [0.29, 0.717) is 19.5 Å². The average molecular weight is 487 g/mol. The number of nitrogens with zero attached hydrogens (tertiary/aromatic N) is 2. The van der Waals surface area contributed by atoms with Gasteiger partial charge in [-0.25, -0.2) is 0 Å². The lowest BCUT2D eigenvalue weighted by Gasteiger charge is -2.37. The van der Waals surface area contributed by atoms with Crippen molar-refractivity contribution in [3.63, 3.8) is 0 Å². The first-order valence-electron chi connectivity index (χ1n) is 12.5. The van der Waals surface area contributed by atoms with Crippen LogP contribution >= 0.6 is 0 Å². The van der Waals surface area contributed by atoms with E-state index in [2.05, 4.69) is 40.8 Å². The van der Waals surface area contributed by atoms with Crippen molar-refractivity contribution in [3.8, 4) is 17.6 Å². The quantitative estimate of drug-likeness (QED) is 0.444. The van der Waals surface area contributed by atoms with E-state index < -0.39 is 12.1 Å². The Morgan fingerprint density at radius 3 is 2.75 bits per heavy atom. The highest BCUT2D eigenvalue weighted by Gasteiger charge is 2.31. The van der Waals surface area contributed by atoms with Gasteiger partial charge in [0.25, 0.3) is 0 Å². The van der Waals surface area contributed by atoms with E-state index in [0.717, 1.165) is 47.2 Å². The summed E-state index contributed by atoms with van der Waals surface area (Å²) in [6, 6.07) is 15.7. The summed E-state index contributed by atoms with van der Waals surface area (Å²) >= 11 is 0. The monoisotopic (exact) mass is 486 g/mol. The Balaban J connectivity index is 1.38. The fourth-order valence-electron chi connectivity index (χ4n) is 5.12. The molecule has 1 fully saturated rings. The molecule has 2 heterocycles. The van der Waals surface area contributed by atoms with Crippen LogP contribution in [0.25, 0.3) is 10.9 Å². The van der Waals surface area contributed by atoms with Gasteiger partial charge in [-0.15, -0.1) is 0 Å². The van der Waals surface area contributed by atoms with Gasteiger partial charge in [-0.3, -0.25) is 14.7 Å². The van der Waals surface area contributed by atoms with Crippen LogP contribution in [0.1, 0.15) is 48.5 Å². The van der Waals surface area contributed by atoms with Gasteiger partial charge in [0.15, 0.2) is 0 Å². The van der Waals surface area contributed by atoms with Crippen molar-refractivity contribution in [2.75, 3.05) is 26.7 Å². The van der Waals surface area contributed by atoms with Gasteiger partial charge >= 0.3 is 5.97 Å². The van der Waals surface area contributed by atoms with Crippen LogP contribution in [0.2, 0.25) is 0 Å². The predicted octanol–water partition coefficient (Wildman–Crippen LogP) is 4.83. The van der Waals surface area contributed by atoms with Gasteiger partial charge in [0.1, 0.15) is 5.75 Å². The number of carboxylic acid groups (broad SMARTS) is 1. The third-order valence-corrected chi connectivity index (χ3v) is 7.15. The van der Waals surface area contributed by atoms with E-state index >= 15 is 0 Å². The Bertz CT molecular complexity index is 1250. The first-order valence-corrected chi connectivity index (χ1v) is 12.5. The minimum absolute atomic E-state index is 0.0407. The Morgan fingerprint density at radius 2 is 2.00 bits per heavy atom. The average Bonchev–Trinajstić information content (AvgIpc) is 2.88. The van der Waals surface area contributed by atoms with E-state index in [4.69, 9.17) is 4.74 Å². The van der Waals surface area contributed by atoms with Crippen LogP contribution in [-0.4, -0.2) is 52.8 Å². The molecular weight excluding hydrogens is 452 g/mol. The molecule has 0 aliphatic carbocycles. The van der Waals surface area contributed by atoms with Gasteiger partial charge in [0.2, 0.25) is 0 Å². The summed E-state index contributed by atoms with van der Waals surface area (Å²) in [5.74, 6) is 6.70. The number of carbonyl (C=O) groups is 1. The van der Waals surface area contributed by atoms with E-state index in [1.165, 1.54) is 5.56 Å². The molecule has 2 N–H and O–H groups in total. The smallest absolute Gasteiger partial charge is 0.303 e. The number of methoxy groups -OCH3 is 1. The number of aromatic nitrogens is 1. The van der Waals surface area contributed by atoms with Crippen molar-refractivity contribution < 1.29 is 19.7 Å². The number of fused-ring (bicyclic) bond motifs is 1.